The van der Waals surface area contributed by atoms with E-state index >= 15 is 0 Å². The van der Waals surface area contributed by atoms with Crippen molar-refractivity contribution in [2.75, 3.05) is 0 Å². The van der Waals surface area contributed by atoms with E-state index in [-0.39, 0.29) is 11.3 Å². The minimum atomic E-state index is -4.40. The number of rotatable bonds is 2. The summed E-state index contributed by atoms with van der Waals surface area (Å²) in [5.74, 6) is -0.580. The summed E-state index contributed by atoms with van der Waals surface area (Å²) >= 11 is 0. The largest absolute Gasteiger partial charge is 0.412 e. The molecule has 0 fully saturated rings. The number of primary sulfonamides is 1. The van der Waals surface area contributed by atoms with Crippen LogP contribution in [0.5, 0.6) is 0 Å². The summed E-state index contributed by atoms with van der Waals surface area (Å²) in [6.45, 7) is 0. The fourth-order valence-corrected chi connectivity index (χ4v) is 4.41. The molecule has 2 aromatic rings. The lowest BCUT2D eigenvalue weighted by atomic mass is 9.79. The standard InChI is InChI=1S/C20H16F3NO2S/c21-20(22,23)15-10-14-9-13-3-1-2-4-17(13)19(14)18(11-15)12-5-7-16(8-6-12)27(24,25)26/h1-8,11,18H,9-10H2,(H2,24,25,26). The van der Waals surface area contributed by atoms with Gasteiger partial charge in [-0.2, -0.15) is 13.2 Å². The molecule has 2 aliphatic carbocycles. The van der Waals surface area contributed by atoms with Crippen LogP contribution in [-0.4, -0.2) is 14.6 Å². The van der Waals surface area contributed by atoms with E-state index in [1.165, 1.54) is 30.3 Å². The van der Waals surface area contributed by atoms with Gasteiger partial charge in [0.2, 0.25) is 10.0 Å². The zero-order chi connectivity index (χ0) is 19.4. The summed E-state index contributed by atoms with van der Waals surface area (Å²) < 4.78 is 63.3. The first-order valence-electron chi connectivity index (χ1n) is 8.35. The van der Waals surface area contributed by atoms with Gasteiger partial charge in [-0.1, -0.05) is 48.0 Å². The molecular weight excluding hydrogens is 375 g/mol. The van der Waals surface area contributed by atoms with Gasteiger partial charge in [0.15, 0.2) is 0 Å². The fraction of sp³-hybridized carbons (Fsp3) is 0.200. The average molecular weight is 391 g/mol. The normalized spacial score (nSPS) is 19.6. The van der Waals surface area contributed by atoms with Gasteiger partial charge in [0.1, 0.15) is 0 Å². The van der Waals surface area contributed by atoms with E-state index in [9.17, 15) is 21.6 Å². The van der Waals surface area contributed by atoms with E-state index in [1.807, 2.05) is 24.3 Å². The Morgan fingerprint density at radius 2 is 1.63 bits per heavy atom. The van der Waals surface area contributed by atoms with Gasteiger partial charge in [0, 0.05) is 11.5 Å². The molecule has 1 atom stereocenters. The van der Waals surface area contributed by atoms with Gasteiger partial charge in [-0.15, -0.1) is 0 Å². The Labute approximate surface area is 155 Å². The molecule has 1 unspecified atom stereocenters. The number of halogens is 3. The van der Waals surface area contributed by atoms with E-state index in [0.717, 1.165) is 22.3 Å². The van der Waals surface area contributed by atoms with Crippen molar-refractivity contribution in [2.24, 2.45) is 5.14 Å². The molecule has 0 aromatic heterocycles. The molecule has 2 aliphatic rings. The van der Waals surface area contributed by atoms with Gasteiger partial charge >= 0.3 is 6.18 Å². The summed E-state index contributed by atoms with van der Waals surface area (Å²) in [5.41, 5.74) is 3.69. The summed E-state index contributed by atoms with van der Waals surface area (Å²) in [6.07, 6.45) is -2.75. The molecule has 0 aliphatic heterocycles. The lowest BCUT2D eigenvalue weighted by molar-refractivity contribution is -0.0936. The molecule has 0 saturated heterocycles. The second-order valence-corrected chi connectivity index (χ2v) is 8.37. The molecule has 27 heavy (non-hydrogen) atoms. The topological polar surface area (TPSA) is 60.2 Å². The highest BCUT2D eigenvalue weighted by Crippen LogP contribution is 2.50. The van der Waals surface area contributed by atoms with Gasteiger partial charge in [0.05, 0.1) is 4.90 Å². The van der Waals surface area contributed by atoms with Crippen molar-refractivity contribution in [3.05, 3.63) is 82.4 Å². The summed E-state index contributed by atoms with van der Waals surface area (Å²) in [6, 6.07) is 13.3. The minimum Gasteiger partial charge on any atom is -0.225 e. The number of fused-ring (bicyclic) bond motifs is 2. The number of nitrogens with two attached hydrogens (primary N) is 1. The van der Waals surface area contributed by atoms with E-state index in [0.29, 0.717) is 12.0 Å². The predicted molar refractivity (Wildman–Crippen MR) is 96.4 cm³/mol. The van der Waals surface area contributed by atoms with Crippen LogP contribution in [0.4, 0.5) is 13.2 Å². The van der Waals surface area contributed by atoms with E-state index in [4.69, 9.17) is 5.14 Å². The molecule has 4 rings (SSSR count). The maximum Gasteiger partial charge on any atom is 0.412 e. The Kier molecular flexibility index (Phi) is 4.05. The highest BCUT2D eigenvalue weighted by Gasteiger charge is 2.40. The van der Waals surface area contributed by atoms with Crippen molar-refractivity contribution >= 4 is 15.6 Å². The monoisotopic (exact) mass is 391 g/mol. The van der Waals surface area contributed by atoms with Crippen LogP contribution in [0.15, 0.2) is 70.6 Å². The first kappa shape index (κ1) is 18.0. The number of hydrogen-bond acceptors (Lipinski definition) is 2. The van der Waals surface area contributed by atoms with Crippen LogP contribution >= 0.6 is 0 Å². The van der Waals surface area contributed by atoms with Crippen molar-refractivity contribution in [2.45, 2.75) is 29.8 Å². The second-order valence-electron chi connectivity index (χ2n) is 6.81. The Balaban J connectivity index is 1.84. The summed E-state index contributed by atoms with van der Waals surface area (Å²) in [4.78, 5) is -0.0666. The summed E-state index contributed by atoms with van der Waals surface area (Å²) in [5, 5.41) is 5.12. The molecule has 2 aromatic carbocycles. The number of benzene rings is 2. The minimum absolute atomic E-state index is 0.0666. The molecule has 0 heterocycles. The number of allylic oxidation sites excluding steroid dienone is 4. The van der Waals surface area contributed by atoms with Gasteiger partial charge in [-0.3, -0.25) is 0 Å². The lowest BCUT2D eigenvalue weighted by Crippen LogP contribution is -2.18. The van der Waals surface area contributed by atoms with Crippen molar-refractivity contribution < 1.29 is 21.6 Å². The SMILES string of the molecule is NS(=O)(=O)c1ccc(C2C=C(C(F)(F)F)CC3=C2c2ccccc2C3)cc1. The van der Waals surface area contributed by atoms with E-state index < -0.39 is 27.7 Å². The van der Waals surface area contributed by atoms with E-state index in [1.54, 1.807) is 0 Å². The molecule has 2 N–H and O–H groups in total. The first-order chi connectivity index (χ1) is 12.6. The fourth-order valence-electron chi connectivity index (χ4n) is 3.89. The van der Waals surface area contributed by atoms with Crippen LogP contribution in [0.2, 0.25) is 0 Å². The molecule has 0 radical (unpaired) electrons. The molecule has 7 heteroatoms. The molecule has 3 nitrogen and oxygen atoms in total. The van der Waals surface area contributed by atoms with Crippen LogP contribution in [0.3, 0.4) is 0 Å². The van der Waals surface area contributed by atoms with Crippen molar-refractivity contribution in [1.29, 1.82) is 0 Å². The maximum absolute atomic E-state index is 13.5. The van der Waals surface area contributed by atoms with Crippen molar-refractivity contribution in [3.8, 4) is 0 Å². The van der Waals surface area contributed by atoms with Crippen molar-refractivity contribution in [3.63, 3.8) is 0 Å². The quantitative estimate of drug-likeness (QED) is 0.775. The third-order valence-corrected chi connectivity index (χ3v) is 6.04. The second kappa shape index (κ2) is 6.07. The smallest absolute Gasteiger partial charge is 0.225 e. The Morgan fingerprint density at radius 1 is 0.963 bits per heavy atom. The number of hydrogen-bond donors (Lipinski definition) is 1. The van der Waals surface area contributed by atoms with Gasteiger partial charge in [-0.25, -0.2) is 13.6 Å². The summed E-state index contributed by atoms with van der Waals surface area (Å²) in [7, 11) is -3.86. The first-order valence-corrected chi connectivity index (χ1v) is 9.90. The Bertz CT molecular complexity index is 1080. The zero-order valence-corrected chi connectivity index (χ0v) is 14.9. The van der Waals surface area contributed by atoms with Gasteiger partial charge in [0.25, 0.3) is 0 Å². The highest BCUT2D eigenvalue weighted by atomic mass is 32.2. The number of sulfonamides is 1. The molecule has 0 saturated carbocycles. The van der Waals surface area contributed by atoms with Crippen LogP contribution in [0, 0.1) is 0 Å². The van der Waals surface area contributed by atoms with E-state index in [2.05, 4.69) is 0 Å². The maximum atomic E-state index is 13.5. The molecule has 140 valence electrons. The Hall–Kier alpha value is -2.38. The Morgan fingerprint density at radius 3 is 2.26 bits per heavy atom. The predicted octanol–water partition coefficient (Wildman–Crippen LogP) is 4.32. The van der Waals surface area contributed by atoms with Crippen LogP contribution < -0.4 is 5.14 Å². The number of alkyl halides is 3. The van der Waals surface area contributed by atoms with Crippen LogP contribution in [0.1, 0.15) is 29.0 Å². The third kappa shape index (κ3) is 3.21. The highest BCUT2D eigenvalue weighted by molar-refractivity contribution is 7.89. The zero-order valence-electron chi connectivity index (χ0n) is 14.1. The van der Waals surface area contributed by atoms with Gasteiger partial charge < -0.3 is 0 Å². The lowest BCUT2D eigenvalue weighted by Gasteiger charge is -2.26. The van der Waals surface area contributed by atoms with Gasteiger partial charge in [-0.05, 0) is 47.2 Å². The molecule has 0 amide bonds. The third-order valence-electron chi connectivity index (χ3n) is 5.11. The molecule has 0 spiro atoms. The van der Waals surface area contributed by atoms with Crippen LogP contribution in [-0.2, 0) is 16.4 Å². The van der Waals surface area contributed by atoms with Crippen molar-refractivity contribution in [1.82, 2.24) is 0 Å². The molecular formula is C20H16F3NO2S. The molecule has 0 bridgehead atoms. The average Bonchev–Trinajstić information content (AvgIpc) is 2.98. The van der Waals surface area contributed by atoms with Crippen LogP contribution in [0.25, 0.3) is 5.57 Å².